The number of ether oxygens (including phenoxy) is 1. The van der Waals surface area contributed by atoms with Crippen molar-refractivity contribution in [3.8, 4) is 16.9 Å². The maximum absolute atomic E-state index is 15.2. The van der Waals surface area contributed by atoms with Crippen molar-refractivity contribution in [3.05, 3.63) is 100 Å². The monoisotopic (exact) mass is 566 g/mol. The average molecular weight is 567 g/mol. The van der Waals surface area contributed by atoms with Gasteiger partial charge in [0.05, 0.1) is 12.2 Å². The van der Waals surface area contributed by atoms with E-state index in [0.29, 0.717) is 24.1 Å². The van der Waals surface area contributed by atoms with E-state index in [0.717, 1.165) is 37.8 Å². The van der Waals surface area contributed by atoms with E-state index in [4.69, 9.17) is 4.74 Å². The van der Waals surface area contributed by atoms with E-state index in [1.807, 2.05) is 0 Å². The van der Waals surface area contributed by atoms with Crippen LogP contribution in [-0.4, -0.2) is 6.61 Å². The van der Waals surface area contributed by atoms with Crippen LogP contribution in [-0.2, 0) is 19.0 Å². The van der Waals surface area contributed by atoms with Crippen LogP contribution in [0.3, 0.4) is 0 Å². The van der Waals surface area contributed by atoms with Gasteiger partial charge in [0.15, 0.2) is 0 Å². The molecule has 0 unspecified atom stereocenters. The highest BCUT2D eigenvalue weighted by Crippen LogP contribution is 2.35. The molecule has 0 bridgehead atoms. The minimum absolute atomic E-state index is 0.0447. The van der Waals surface area contributed by atoms with Gasteiger partial charge in [0.2, 0.25) is 0 Å². The minimum Gasteiger partial charge on any atom is -0.493 e. The van der Waals surface area contributed by atoms with Crippen LogP contribution >= 0.6 is 0 Å². The molecule has 9 heteroatoms. The fourth-order valence-electron chi connectivity index (χ4n) is 4.63. The van der Waals surface area contributed by atoms with Gasteiger partial charge in [-0.25, -0.2) is 22.0 Å². The van der Waals surface area contributed by atoms with E-state index in [-0.39, 0.29) is 46.2 Å². The van der Waals surface area contributed by atoms with Gasteiger partial charge in [0.25, 0.3) is 0 Å². The zero-order chi connectivity index (χ0) is 29.0. The van der Waals surface area contributed by atoms with Gasteiger partial charge in [-0.05, 0) is 59.5 Å². The van der Waals surface area contributed by atoms with Crippen LogP contribution in [0.2, 0.25) is 0 Å². The maximum atomic E-state index is 15.2. The number of aryl methyl sites for hydroxylation is 2. The van der Waals surface area contributed by atoms with Crippen LogP contribution in [0.15, 0.2) is 54.6 Å². The lowest BCUT2D eigenvalue weighted by molar-refractivity contribution is -0.142. The second-order valence-electron chi connectivity index (χ2n) is 9.58. The molecule has 0 aliphatic carbocycles. The normalized spacial score (nSPS) is 11.8. The molecule has 0 atom stereocenters. The molecule has 0 aromatic heterocycles. The molecule has 1 nitrogen and oxygen atoms in total. The Labute approximate surface area is 226 Å². The van der Waals surface area contributed by atoms with Crippen molar-refractivity contribution < 1.29 is 39.9 Å². The van der Waals surface area contributed by atoms with E-state index in [1.165, 1.54) is 30.3 Å². The van der Waals surface area contributed by atoms with Gasteiger partial charge in [-0.3, -0.25) is 0 Å². The molecule has 0 radical (unpaired) electrons. The highest BCUT2D eigenvalue weighted by atomic mass is 19.4. The SMILES string of the molecule is CCCCCCOc1cc(F)c(-c2ccc3c(F)c(CCc4cc(F)c(C(F)(F)F)c(F)c4)ccc3c2)c(F)c1. The lowest BCUT2D eigenvalue weighted by atomic mass is 9.96. The fraction of sp³-hybridized carbons (Fsp3) is 0.290. The van der Waals surface area contributed by atoms with Crippen molar-refractivity contribution in [1.29, 1.82) is 0 Å². The Hall–Kier alpha value is -3.62. The van der Waals surface area contributed by atoms with Crippen molar-refractivity contribution in [2.24, 2.45) is 0 Å². The van der Waals surface area contributed by atoms with E-state index in [1.54, 1.807) is 0 Å². The number of unbranched alkanes of at least 4 members (excludes halogenated alkanes) is 3. The van der Waals surface area contributed by atoms with E-state index >= 15 is 4.39 Å². The molecule has 0 amide bonds. The standard InChI is InChI=1S/C31H26F8O/c1-2-3-4-5-12-40-22-16-24(32)28(25(33)17-22)21-10-11-23-20(15-21)9-8-19(30(23)36)7-6-18-13-26(34)29(27(35)14-18)31(37,38)39/h8-11,13-17H,2-7,12H2,1H3. The summed E-state index contributed by atoms with van der Waals surface area (Å²) in [5.74, 6) is -5.68. The molecule has 4 aromatic rings. The Morgan fingerprint density at radius 1 is 0.700 bits per heavy atom. The summed E-state index contributed by atoms with van der Waals surface area (Å²) in [4.78, 5) is 0. The second-order valence-corrected chi connectivity index (χ2v) is 9.58. The lowest BCUT2D eigenvalue weighted by Gasteiger charge is -2.13. The summed E-state index contributed by atoms with van der Waals surface area (Å²) in [5.41, 5.74) is -1.95. The number of fused-ring (bicyclic) bond motifs is 1. The third kappa shape index (κ3) is 6.57. The minimum atomic E-state index is -5.18. The molecular weight excluding hydrogens is 540 g/mol. The van der Waals surface area contributed by atoms with Gasteiger partial charge in [-0.1, -0.05) is 50.5 Å². The first kappa shape index (κ1) is 29.4. The summed E-state index contributed by atoms with van der Waals surface area (Å²) in [7, 11) is 0. The molecule has 0 aliphatic rings. The molecule has 4 aromatic carbocycles. The lowest BCUT2D eigenvalue weighted by Crippen LogP contribution is -2.12. The Morgan fingerprint density at radius 2 is 1.38 bits per heavy atom. The number of hydrogen-bond acceptors (Lipinski definition) is 1. The molecule has 4 rings (SSSR count). The quantitative estimate of drug-likeness (QED) is 0.137. The number of hydrogen-bond donors (Lipinski definition) is 0. The second kappa shape index (κ2) is 12.3. The van der Waals surface area contributed by atoms with Crippen molar-refractivity contribution in [2.45, 2.75) is 51.6 Å². The highest BCUT2D eigenvalue weighted by Gasteiger charge is 2.37. The van der Waals surface area contributed by atoms with Gasteiger partial charge in [-0.15, -0.1) is 0 Å². The highest BCUT2D eigenvalue weighted by molar-refractivity contribution is 5.88. The van der Waals surface area contributed by atoms with Crippen molar-refractivity contribution in [1.82, 2.24) is 0 Å². The first-order valence-electron chi connectivity index (χ1n) is 12.9. The van der Waals surface area contributed by atoms with Gasteiger partial charge in [0.1, 0.15) is 40.4 Å². The molecule has 0 saturated carbocycles. The van der Waals surface area contributed by atoms with Crippen LogP contribution in [0.5, 0.6) is 5.75 Å². The number of alkyl halides is 3. The van der Waals surface area contributed by atoms with Gasteiger partial charge in [-0.2, -0.15) is 13.2 Å². The van der Waals surface area contributed by atoms with Gasteiger partial charge >= 0.3 is 6.18 Å². The molecule has 0 fully saturated rings. The first-order valence-corrected chi connectivity index (χ1v) is 12.9. The zero-order valence-electron chi connectivity index (χ0n) is 21.6. The van der Waals surface area contributed by atoms with Gasteiger partial charge < -0.3 is 4.74 Å². The average Bonchev–Trinajstić information content (AvgIpc) is 2.86. The molecular formula is C31H26F8O. The van der Waals surface area contributed by atoms with E-state index in [2.05, 4.69) is 6.92 Å². The van der Waals surface area contributed by atoms with Crippen LogP contribution in [0.4, 0.5) is 35.1 Å². The largest absolute Gasteiger partial charge is 0.493 e. The maximum Gasteiger partial charge on any atom is 0.422 e. The fourth-order valence-corrected chi connectivity index (χ4v) is 4.63. The third-order valence-corrected chi connectivity index (χ3v) is 6.67. The summed E-state index contributed by atoms with van der Waals surface area (Å²) in [5, 5.41) is 0.513. The molecule has 212 valence electrons. The summed E-state index contributed by atoms with van der Waals surface area (Å²) in [6, 6.07) is 10.5. The molecule has 0 aliphatic heterocycles. The summed E-state index contributed by atoms with van der Waals surface area (Å²) >= 11 is 0. The third-order valence-electron chi connectivity index (χ3n) is 6.67. The molecule has 0 spiro atoms. The first-order chi connectivity index (χ1) is 19.0. The molecule has 0 heterocycles. The van der Waals surface area contributed by atoms with Crippen LogP contribution in [0.1, 0.15) is 49.3 Å². The van der Waals surface area contributed by atoms with Crippen LogP contribution in [0, 0.1) is 29.1 Å². The predicted octanol–water partition coefficient (Wildman–Crippen LogP) is 9.97. The number of benzene rings is 4. The zero-order valence-corrected chi connectivity index (χ0v) is 21.6. The Balaban J connectivity index is 1.52. The van der Waals surface area contributed by atoms with Gasteiger partial charge in [0, 0.05) is 17.5 Å². The van der Waals surface area contributed by atoms with E-state index in [9.17, 15) is 30.7 Å². The Bertz CT molecular complexity index is 1460. The predicted molar refractivity (Wildman–Crippen MR) is 138 cm³/mol. The van der Waals surface area contributed by atoms with Crippen LogP contribution < -0.4 is 4.74 Å². The molecule has 0 N–H and O–H groups in total. The summed E-state index contributed by atoms with van der Waals surface area (Å²) in [6.45, 7) is 2.42. The smallest absolute Gasteiger partial charge is 0.422 e. The van der Waals surface area contributed by atoms with E-state index < -0.39 is 40.8 Å². The number of rotatable bonds is 10. The summed E-state index contributed by atoms with van der Waals surface area (Å²) < 4.78 is 117. The molecule has 0 saturated heterocycles. The Morgan fingerprint density at radius 3 is 2.00 bits per heavy atom. The Kier molecular flexibility index (Phi) is 9.01. The van der Waals surface area contributed by atoms with Crippen molar-refractivity contribution in [3.63, 3.8) is 0 Å². The molecule has 40 heavy (non-hydrogen) atoms. The van der Waals surface area contributed by atoms with Crippen LogP contribution in [0.25, 0.3) is 21.9 Å². The van der Waals surface area contributed by atoms with Crippen molar-refractivity contribution >= 4 is 10.8 Å². The number of halogens is 8. The topological polar surface area (TPSA) is 9.23 Å². The summed E-state index contributed by atoms with van der Waals surface area (Å²) in [6.07, 6.45) is -1.50. The van der Waals surface area contributed by atoms with Crippen molar-refractivity contribution in [2.75, 3.05) is 6.61 Å².